The number of hydrogen-bond donors (Lipinski definition) is 4. The van der Waals surface area contributed by atoms with Crippen LogP contribution >= 0.6 is 11.6 Å². The molecular formula is C23H27ClF4N6O2. The van der Waals surface area contributed by atoms with Crippen LogP contribution in [-0.4, -0.2) is 43.9 Å². The number of alkyl halides is 3. The first-order valence-electron chi connectivity index (χ1n) is 11.4. The smallest absolute Gasteiger partial charge is 0.475 e. The van der Waals surface area contributed by atoms with Crippen molar-refractivity contribution in [2.45, 2.75) is 63.7 Å². The van der Waals surface area contributed by atoms with Gasteiger partial charge >= 0.3 is 12.1 Å². The molecule has 0 unspecified atom stereocenters. The number of nitrogens with two attached hydrogens (primary N) is 1. The maximum absolute atomic E-state index is 13.6. The molecule has 3 aromatic rings. The Morgan fingerprint density at radius 3 is 2.50 bits per heavy atom. The molecule has 1 aliphatic carbocycles. The summed E-state index contributed by atoms with van der Waals surface area (Å²) >= 11 is 5.98. The molecule has 0 amide bonds. The van der Waals surface area contributed by atoms with Crippen LogP contribution in [0.3, 0.4) is 0 Å². The largest absolute Gasteiger partial charge is 0.490 e. The minimum atomic E-state index is -5.08. The fourth-order valence-electron chi connectivity index (χ4n) is 3.88. The minimum Gasteiger partial charge on any atom is -0.475 e. The average molecular weight is 531 g/mol. The van der Waals surface area contributed by atoms with E-state index < -0.39 is 18.0 Å². The van der Waals surface area contributed by atoms with Gasteiger partial charge in [0.25, 0.3) is 0 Å². The van der Waals surface area contributed by atoms with Crippen LogP contribution in [0.15, 0.2) is 30.5 Å². The van der Waals surface area contributed by atoms with Gasteiger partial charge in [-0.3, -0.25) is 0 Å². The van der Waals surface area contributed by atoms with Gasteiger partial charge in [0.05, 0.1) is 11.2 Å². The molecule has 2 heterocycles. The van der Waals surface area contributed by atoms with Crippen LogP contribution in [0.4, 0.5) is 34.9 Å². The van der Waals surface area contributed by atoms with Gasteiger partial charge in [0.1, 0.15) is 17.5 Å². The van der Waals surface area contributed by atoms with E-state index in [0.29, 0.717) is 17.8 Å². The van der Waals surface area contributed by atoms with E-state index in [1.165, 1.54) is 6.07 Å². The van der Waals surface area contributed by atoms with Crippen molar-refractivity contribution in [3.63, 3.8) is 0 Å². The van der Waals surface area contributed by atoms with Crippen molar-refractivity contribution in [3.8, 4) is 0 Å². The van der Waals surface area contributed by atoms with E-state index in [4.69, 9.17) is 32.2 Å². The molecule has 0 radical (unpaired) electrons. The third kappa shape index (κ3) is 6.97. The number of carbonyl (C=O) groups is 1. The highest BCUT2D eigenvalue weighted by Gasteiger charge is 2.38. The van der Waals surface area contributed by atoms with E-state index in [1.54, 1.807) is 22.8 Å². The second kappa shape index (κ2) is 11.7. The molecule has 13 heteroatoms. The fourth-order valence-corrected chi connectivity index (χ4v) is 4.06. The van der Waals surface area contributed by atoms with Crippen LogP contribution < -0.4 is 16.4 Å². The number of aliphatic carboxylic acids is 1. The number of carboxylic acids is 1. The number of anilines is 3. The van der Waals surface area contributed by atoms with Crippen LogP contribution in [-0.2, 0) is 11.2 Å². The van der Waals surface area contributed by atoms with Gasteiger partial charge < -0.3 is 21.5 Å². The number of rotatable bonds is 6. The standard InChI is InChI=1S/C21H26ClFN6.C2HF3O2/c1-2-3-16-20(26-14-6-4-13(24)5-7-14)28-19-10-11-25-29(19)21(16)27-15-8-9-18(23)17(22)12-15;3-2(4,5)1(6)7/h8-14,27H,2-7,24H2,1H3,(H,26,28);(H,6,7). The second-order valence-electron chi connectivity index (χ2n) is 8.45. The summed E-state index contributed by atoms with van der Waals surface area (Å²) < 4.78 is 47.1. The maximum Gasteiger partial charge on any atom is 0.490 e. The Kier molecular flexibility index (Phi) is 8.96. The zero-order valence-electron chi connectivity index (χ0n) is 19.4. The Labute approximate surface area is 209 Å². The van der Waals surface area contributed by atoms with Gasteiger partial charge in [-0.25, -0.2) is 14.2 Å². The molecule has 2 aromatic heterocycles. The molecule has 0 bridgehead atoms. The van der Waals surface area contributed by atoms with E-state index >= 15 is 0 Å². The Morgan fingerprint density at radius 2 is 1.92 bits per heavy atom. The Bertz CT molecular complexity index is 1200. The molecule has 4 rings (SSSR count). The number of nitrogens with one attached hydrogen (secondary N) is 2. The summed E-state index contributed by atoms with van der Waals surface area (Å²) in [6.45, 7) is 2.13. The van der Waals surface area contributed by atoms with E-state index in [2.05, 4.69) is 22.7 Å². The average Bonchev–Trinajstić information content (AvgIpc) is 3.28. The highest BCUT2D eigenvalue weighted by molar-refractivity contribution is 6.31. The second-order valence-corrected chi connectivity index (χ2v) is 8.86. The summed E-state index contributed by atoms with van der Waals surface area (Å²) in [6, 6.07) is 7.14. The summed E-state index contributed by atoms with van der Waals surface area (Å²) in [6.07, 6.45) is 2.55. The van der Waals surface area contributed by atoms with Gasteiger partial charge in [0, 0.05) is 29.4 Å². The van der Waals surface area contributed by atoms with Crippen LogP contribution in [0.2, 0.25) is 5.02 Å². The van der Waals surface area contributed by atoms with Crippen molar-refractivity contribution < 1.29 is 27.5 Å². The van der Waals surface area contributed by atoms with Crippen LogP contribution in [0.1, 0.15) is 44.6 Å². The molecule has 8 nitrogen and oxygen atoms in total. The minimum absolute atomic E-state index is 0.0784. The quantitative estimate of drug-likeness (QED) is 0.309. The predicted molar refractivity (Wildman–Crippen MR) is 129 cm³/mol. The van der Waals surface area contributed by atoms with E-state index in [1.807, 2.05) is 6.07 Å². The highest BCUT2D eigenvalue weighted by Crippen LogP contribution is 2.31. The first kappa shape index (κ1) is 27.5. The molecule has 1 aromatic carbocycles. The van der Waals surface area contributed by atoms with Gasteiger partial charge in [0.15, 0.2) is 5.65 Å². The van der Waals surface area contributed by atoms with Gasteiger partial charge in [-0.15, -0.1) is 0 Å². The fraction of sp³-hybridized carbons (Fsp3) is 0.435. The lowest BCUT2D eigenvalue weighted by Crippen LogP contribution is -2.33. The van der Waals surface area contributed by atoms with Crippen molar-refractivity contribution in [1.29, 1.82) is 0 Å². The molecule has 1 fully saturated rings. The number of fused-ring (bicyclic) bond motifs is 1. The number of hydrogen-bond acceptors (Lipinski definition) is 6. The summed E-state index contributed by atoms with van der Waals surface area (Å²) in [4.78, 5) is 13.7. The Balaban J connectivity index is 0.000000454. The zero-order valence-corrected chi connectivity index (χ0v) is 20.2. The third-order valence-corrected chi connectivity index (χ3v) is 5.96. The Morgan fingerprint density at radius 1 is 1.25 bits per heavy atom. The van der Waals surface area contributed by atoms with E-state index in [-0.39, 0.29) is 5.02 Å². The van der Waals surface area contributed by atoms with Gasteiger partial charge in [-0.05, 0) is 50.3 Å². The van der Waals surface area contributed by atoms with E-state index in [0.717, 1.165) is 61.4 Å². The highest BCUT2D eigenvalue weighted by atomic mass is 35.5. The van der Waals surface area contributed by atoms with Gasteiger partial charge in [0.2, 0.25) is 0 Å². The first-order valence-corrected chi connectivity index (χ1v) is 11.8. The monoisotopic (exact) mass is 530 g/mol. The number of nitrogens with zero attached hydrogens (tertiary/aromatic N) is 3. The summed E-state index contributed by atoms with van der Waals surface area (Å²) in [5.41, 5.74) is 8.56. The molecule has 5 N–H and O–H groups in total. The first-order chi connectivity index (χ1) is 17.0. The number of halogens is 5. The van der Waals surface area contributed by atoms with Crippen molar-refractivity contribution in [1.82, 2.24) is 14.6 Å². The molecule has 36 heavy (non-hydrogen) atoms. The van der Waals surface area contributed by atoms with Crippen LogP contribution in [0.5, 0.6) is 0 Å². The number of carboxylic acid groups (broad SMARTS) is 1. The van der Waals surface area contributed by atoms with Crippen molar-refractivity contribution in [2.24, 2.45) is 5.73 Å². The van der Waals surface area contributed by atoms with Gasteiger partial charge in [-0.1, -0.05) is 24.9 Å². The lowest BCUT2D eigenvalue weighted by molar-refractivity contribution is -0.192. The Hall–Kier alpha value is -3.12. The van der Waals surface area contributed by atoms with Crippen LogP contribution in [0.25, 0.3) is 5.65 Å². The zero-order chi connectivity index (χ0) is 26.5. The molecular weight excluding hydrogens is 504 g/mol. The van der Waals surface area contributed by atoms with Crippen molar-refractivity contribution >= 4 is 40.5 Å². The molecule has 0 aliphatic heterocycles. The lowest BCUT2D eigenvalue weighted by atomic mass is 9.91. The molecule has 0 atom stereocenters. The molecule has 196 valence electrons. The summed E-state index contributed by atoms with van der Waals surface area (Å²) in [7, 11) is 0. The number of benzene rings is 1. The third-order valence-electron chi connectivity index (χ3n) is 5.67. The number of aromatic nitrogens is 3. The lowest BCUT2D eigenvalue weighted by Gasteiger charge is -2.28. The molecule has 0 spiro atoms. The molecule has 0 saturated heterocycles. The topological polar surface area (TPSA) is 118 Å². The maximum atomic E-state index is 13.6. The van der Waals surface area contributed by atoms with Crippen LogP contribution in [0, 0.1) is 5.82 Å². The van der Waals surface area contributed by atoms with Gasteiger partial charge in [-0.2, -0.15) is 22.8 Å². The van der Waals surface area contributed by atoms with Crippen molar-refractivity contribution in [3.05, 3.63) is 46.9 Å². The van der Waals surface area contributed by atoms with E-state index in [9.17, 15) is 17.6 Å². The molecule has 1 saturated carbocycles. The summed E-state index contributed by atoms with van der Waals surface area (Å²) in [5, 5.41) is 18.7. The summed E-state index contributed by atoms with van der Waals surface area (Å²) in [5.74, 6) is -1.51. The van der Waals surface area contributed by atoms with Crippen molar-refractivity contribution in [2.75, 3.05) is 10.6 Å². The SMILES string of the molecule is CCCc1c(NC2CCC(N)CC2)nc2ccnn2c1Nc1ccc(F)c(Cl)c1.O=C(O)C(F)(F)F. The predicted octanol–water partition coefficient (Wildman–Crippen LogP) is 5.53. The molecule has 1 aliphatic rings. The normalized spacial score (nSPS) is 17.9.